The van der Waals surface area contributed by atoms with Gasteiger partial charge in [-0.3, -0.25) is 44.7 Å². The van der Waals surface area contributed by atoms with E-state index in [-0.39, 0.29) is 89.3 Å². The van der Waals surface area contributed by atoms with Crippen LogP contribution in [0.5, 0.6) is 0 Å². The minimum absolute atomic E-state index is 0.0614. The Hall–Kier alpha value is -5.10. The Labute approximate surface area is 615 Å². The van der Waals surface area contributed by atoms with Crippen molar-refractivity contribution in [2.75, 3.05) is 111 Å². The van der Waals surface area contributed by atoms with E-state index in [2.05, 4.69) is 146 Å². The van der Waals surface area contributed by atoms with Crippen molar-refractivity contribution < 1.29 is 57.2 Å². The predicted octanol–water partition coefficient (Wildman–Crippen LogP) is 10.7. The number of amides is 6. The molecule has 3 aromatic rings. The van der Waals surface area contributed by atoms with Gasteiger partial charge in [0, 0.05) is 121 Å². The van der Waals surface area contributed by atoms with E-state index in [9.17, 15) is 28.8 Å². The molecule has 27 heteroatoms. The summed E-state index contributed by atoms with van der Waals surface area (Å²) in [6.45, 7) is 36.1. The van der Waals surface area contributed by atoms with Gasteiger partial charge in [-0.05, 0) is 59.3 Å². The van der Waals surface area contributed by atoms with Crippen molar-refractivity contribution in [1.82, 2.24) is 47.9 Å². The van der Waals surface area contributed by atoms with Gasteiger partial charge in [0.15, 0.2) is 0 Å². The molecule has 0 saturated carbocycles. The molecule has 0 aromatic heterocycles. The first-order valence-electron chi connectivity index (χ1n) is 33.5. The minimum Gasteiger partial charge on any atom is -0.369 e. The molecule has 0 spiro atoms. The lowest BCUT2D eigenvalue weighted by molar-refractivity contribution is -0.125. The van der Waals surface area contributed by atoms with Gasteiger partial charge in [-0.1, -0.05) is 223 Å². The van der Waals surface area contributed by atoms with Gasteiger partial charge < -0.3 is 60.3 Å². The lowest BCUT2D eigenvalue weighted by Crippen LogP contribution is -2.34. The highest BCUT2D eigenvalue weighted by atomic mass is 33.1. The standard InChI is InChI=1S/C25H39N3O4S2.C24H37N3O4S2.C23H35N3O4S2/c1-18(2)11-12-27-23(29)17-31-15-16-32-25(34-33-20(5)6)22-9-7-21(8-10-22)24(30)28-14-13-26-19(3)4;1-6-32-33-24(31-16-15-30-17-22(28)26-12-11-18(2)3)21-9-7-20(8-10-21)23(29)27-14-13-25-19(4)5;1-17(2)10-11-25-21(27)16-29-14-15-30-23(32-31-5)20-8-6-19(7-9-20)22(28)26-13-12-24-18(3)4/h7-10,18-20,25-26H,13-17H2,1-6H3,(H,27,29)(H,28,30);7-10,18-19,24-25H,6,13-17H2,1-5H3,(H,26,28)(H,27,29);6-9,17-18,23-24H,12-16H2,1-5H3,(H,25,27)(H,26,28). The molecule has 0 bridgehead atoms. The quantitative estimate of drug-likeness (QED) is 0.00837. The molecule has 21 nitrogen and oxygen atoms in total. The number of nitrogens with one attached hydrogen (secondary N) is 9. The molecule has 9 N–H and O–H groups in total. The van der Waals surface area contributed by atoms with Crippen LogP contribution in [0.3, 0.4) is 0 Å². The summed E-state index contributed by atoms with van der Waals surface area (Å²) in [5.74, 6) is 9.03. The average Bonchev–Trinajstić information content (AvgIpc) is 0.916. The zero-order valence-corrected chi connectivity index (χ0v) is 65.8. The molecule has 0 aliphatic rings. The lowest BCUT2D eigenvalue weighted by Gasteiger charge is -2.19. The summed E-state index contributed by atoms with van der Waals surface area (Å²) in [6.07, 6.45) is 1.98. The van der Waals surface area contributed by atoms with Gasteiger partial charge in [0.25, 0.3) is 35.4 Å². The fraction of sp³-hybridized carbons (Fsp3) is 0.583. The van der Waals surface area contributed by atoms with Crippen LogP contribution in [-0.4, -0.2) is 170 Å². The van der Waals surface area contributed by atoms with Crippen LogP contribution in [0.15, 0.2) is 72.8 Å². The topological polar surface area (TPSA) is 266 Å². The van der Waals surface area contributed by atoms with Crippen molar-refractivity contribution in [3.63, 3.8) is 0 Å². The van der Waals surface area contributed by atoms with Crippen molar-refractivity contribution in [3.05, 3.63) is 106 Å². The zero-order valence-electron chi connectivity index (χ0n) is 60.9. The summed E-state index contributed by atoms with van der Waals surface area (Å²) in [5, 5.41) is 26.5. The van der Waals surface area contributed by atoms with Gasteiger partial charge in [-0.15, -0.1) is 0 Å². The van der Waals surface area contributed by atoms with Crippen LogP contribution in [0.25, 0.3) is 0 Å². The third-order valence-corrected chi connectivity index (χ3v) is 19.5. The second kappa shape index (κ2) is 58.4. The van der Waals surface area contributed by atoms with Gasteiger partial charge in [0.1, 0.15) is 36.1 Å². The number of rotatable bonds is 44. The van der Waals surface area contributed by atoms with Crippen LogP contribution in [0.4, 0.5) is 0 Å². The Kier molecular flexibility index (Phi) is 54.2. The number of carbonyl (C=O) groups is 6. The molecular formula is C72H111N9O12S6. The molecule has 3 rings (SSSR count). The van der Waals surface area contributed by atoms with Gasteiger partial charge >= 0.3 is 0 Å². The van der Waals surface area contributed by atoms with Crippen LogP contribution in [0, 0.1) is 53.6 Å². The maximum absolute atomic E-state index is 12.3. The first-order valence-corrected chi connectivity index (χ1v) is 40.7. The summed E-state index contributed by atoms with van der Waals surface area (Å²) < 4.78 is 34.0. The maximum atomic E-state index is 12.3. The van der Waals surface area contributed by atoms with Gasteiger partial charge in [0.05, 0.1) is 39.6 Å². The largest absolute Gasteiger partial charge is 0.369 e. The Bertz CT molecular complexity index is 2920. The second-order valence-electron chi connectivity index (χ2n) is 23.6. The minimum atomic E-state index is -0.276. The summed E-state index contributed by atoms with van der Waals surface area (Å²) >= 11 is 0. The molecule has 0 saturated heterocycles. The van der Waals surface area contributed by atoms with Gasteiger partial charge in [-0.25, -0.2) is 0 Å². The highest BCUT2D eigenvalue weighted by molar-refractivity contribution is 8.77. The Balaban J connectivity index is 0.000000743. The van der Waals surface area contributed by atoms with Crippen molar-refractivity contribution in [2.45, 2.75) is 144 Å². The molecule has 0 aliphatic carbocycles. The second-order valence-corrected chi connectivity index (χ2v) is 31.8. The third-order valence-electron chi connectivity index (χ3n) is 11.9. The fourth-order valence-corrected chi connectivity index (χ4v) is 13.0. The van der Waals surface area contributed by atoms with E-state index >= 15 is 0 Å². The van der Waals surface area contributed by atoms with E-state index < -0.39 is 0 Å². The van der Waals surface area contributed by atoms with Crippen LogP contribution in [0.2, 0.25) is 0 Å². The molecule has 6 amide bonds. The highest BCUT2D eigenvalue weighted by Crippen LogP contribution is 2.42. The van der Waals surface area contributed by atoms with Crippen molar-refractivity contribution in [1.29, 1.82) is 0 Å². The van der Waals surface area contributed by atoms with Crippen LogP contribution in [-0.2, 0) is 42.8 Å². The molecule has 3 unspecified atom stereocenters. The average molecular weight is 1490 g/mol. The van der Waals surface area contributed by atoms with Gasteiger partial charge in [0.2, 0.25) is 0 Å². The maximum Gasteiger partial charge on any atom is 0.257 e. The summed E-state index contributed by atoms with van der Waals surface area (Å²) in [7, 11) is 9.84. The molecular weight excluding hydrogens is 1380 g/mol. The van der Waals surface area contributed by atoms with E-state index in [4.69, 9.17) is 28.4 Å². The van der Waals surface area contributed by atoms with Crippen LogP contribution >= 0.6 is 64.8 Å². The van der Waals surface area contributed by atoms with E-state index in [0.29, 0.717) is 99.3 Å². The molecule has 0 fully saturated rings. The number of carbonyl (C=O) groups excluding carboxylic acids is 6. The molecule has 3 aromatic carbocycles. The highest BCUT2D eigenvalue weighted by Gasteiger charge is 2.19. The van der Waals surface area contributed by atoms with Crippen molar-refractivity contribution >= 4 is 100 Å². The van der Waals surface area contributed by atoms with Crippen molar-refractivity contribution in [3.8, 4) is 35.9 Å². The van der Waals surface area contributed by atoms with E-state index in [1.54, 1.807) is 76.9 Å². The molecule has 99 heavy (non-hydrogen) atoms. The SMILES string of the molecule is CC(C)C#CNC(=O)COCCOC(SSC(C)C)c1ccc(C(=O)NCCNC(C)C)cc1.CCSSC(OCCOCC(=O)NC#CC(C)C)c1ccc(C(=O)NCCNC(C)C)cc1.CSSC(OCCOCC(=O)NC#CC(C)C)c1ccc(C(=O)NCCNC(C)C)cc1. The number of hydrogen-bond acceptors (Lipinski definition) is 21. The first-order chi connectivity index (χ1) is 47.3. The summed E-state index contributed by atoms with van der Waals surface area (Å²) in [4.78, 5) is 71.9. The smallest absolute Gasteiger partial charge is 0.257 e. The monoisotopic (exact) mass is 1490 g/mol. The Morgan fingerprint density at radius 1 is 0.384 bits per heavy atom. The predicted molar refractivity (Wildman–Crippen MR) is 414 cm³/mol. The molecule has 0 radical (unpaired) electrons. The van der Waals surface area contributed by atoms with Gasteiger partial charge in [-0.2, -0.15) is 0 Å². The first kappa shape index (κ1) is 91.9. The Morgan fingerprint density at radius 3 is 0.939 bits per heavy atom. The molecule has 552 valence electrons. The number of benzene rings is 3. The number of ether oxygens (including phenoxy) is 6. The number of hydrogen-bond donors (Lipinski definition) is 9. The van der Waals surface area contributed by atoms with E-state index in [0.717, 1.165) is 42.1 Å². The van der Waals surface area contributed by atoms with Crippen LogP contribution < -0.4 is 47.9 Å². The van der Waals surface area contributed by atoms with Crippen molar-refractivity contribution in [2.24, 2.45) is 17.8 Å². The fourth-order valence-electron chi connectivity index (χ4n) is 7.20. The van der Waals surface area contributed by atoms with Crippen LogP contribution in [0.1, 0.15) is 168 Å². The zero-order chi connectivity index (χ0) is 73.6. The van der Waals surface area contributed by atoms with E-state index in [1.165, 1.54) is 0 Å². The molecule has 0 aliphatic heterocycles. The third kappa shape index (κ3) is 50.0. The van der Waals surface area contributed by atoms with E-state index in [1.807, 2.05) is 108 Å². The summed E-state index contributed by atoms with van der Waals surface area (Å²) in [5.41, 5.74) is 4.13. The molecule has 0 heterocycles. The lowest BCUT2D eigenvalue weighted by atomic mass is 10.1. The Morgan fingerprint density at radius 2 is 0.677 bits per heavy atom. The summed E-state index contributed by atoms with van der Waals surface area (Å²) in [6, 6.07) is 31.4. The normalized spacial score (nSPS) is 11.8. The molecule has 3 atom stereocenters.